The molecule has 1 atom stereocenters. The highest BCUT2D eigenvalue weighted by molar-refractivity contribution is 5.54. The molecule has 3 rings (SSSR count). The topological polar surface area (TPSA) is 30.5 Å². The lowest BCUT2D eigenvalue weighted by Crippen LogP contribution is -2.23. The van der Waals surface area contributed by atoms with Crippen LogP contribution in [-0.2, 0) is 6.18 Å². The van der Waals surface area contributed by atoms with Gasteiger partial charge >= 0.3 is 6.18 Å². The van der Waals surface area contributed by atoms with Crippen molar-refractivity contribution in [3.8, 4) is 11.5 Å². The van der Waals surface area contributed by atoms with Crippen LogP contribution in [0.4, 0.5) is 13.2 Å². The van der Waals surface area contributed by atoms with Gasteiger partial charge in [-0.1, -0.05) is 0 Å². The Morgan fingerprint density at radius 2 is 1.95 bits per heavy atom. The average molecular weight is 273 g/mol. The predicted molar refractivity (Wildman–Crippen MR) is 62.4 cm³/mol. The summed E-state index contributed by atoms with van der Waals surface area (Å²) in [5.41, 5.74) is -0.432. The van der Waals surface area contributed by atoms with Crippen LogP contribution in [0.15, 0.2) is 12.1 Å². The maximum atomic E-state index is 13.1. The highest BCUT2D eigenvalue weighted by Gasteiger charge is 2.39. The van der Waals surface area contributed by atoms with Crippen molar-refractivity contribution < 1.29 is 22.6 Å². The Bertz CT molecular complexity index is 482. The normalized spacial score (nSPS) is 22.6. The summed E-state index contributed by atoms with van der Waals surface area (Å²) in [5, 5.41) is 3.10. The fourth-order valence-electron chi connectivity index (χ4n) is 2.66. The van der Waals surface area contributed by atoms with Crippen LogP contribution in [0.5, 0.6) is 11.5 Å². The summed E-state index contributed by atoms with van der Waals surface area (Å²) in [4.78, 5) is 0. The molecule has 1 fully saturated rings. The minimum Gasteiger partial charge on any atom is -0.486 e. The van der Waals surface area contributed by atoms with Gasteiger partial charge in [0.25, 0.3) is 0 Å². The number of hydrogen-bond donors (Lipinski definition) is 1. The Hall–Kier alpha value is -1.43. The molecule has 2 heterocycles. The van der Waals surface area contributed by atoms with Crippen molar-refractivity contribution in [1.82, 2.24) is 5.32 Å². The second kappa shape index (κ2) is 4.59. The Morgan fingerprint density at radius 3 is 2.63 bits per heavy atom. The summed E-state index contributed by atoms with van der Waals surface area (Å²) in [7, 11) is 0. The molecule has 19 heavy (non-hydrogen) atoms. The molecule has 0 aromatic heterocycles. The number of halogens is 3. The van der Waals surface area contributed by atoms with Gasteiger partial charge in [-0.2, -0.15) is 13.2 Å². The molecule has 6 heteroatoms. The van der Waals surface area contributed by atoms with Gasteiger partial charge in [0.2, 0.25) is 0 Å². The van der Waals surface area contributed by atoms with Gasteiger partial charge in [0.1, 0.15) is 13.2 Å². The quantitative estimate of drug-likeness (QED) is 0.853. The Morgan fingerprint density at radius 1 is 1.16 bits per heavy atom. The average Bonchev–Trinajstić information content (AvgIpc) is 2.89. The second-order valence-electron chi connectivity index (χ2n) is 4.70. The van der Waals surface area contributed by atoms with E-state index in [1.165, 1.54) is 6.07 Å². The SMILES string of the molecule is FC(F)(F)c1ccc2c(c1C1CCCN1)OCCO2. The first-order valence-corrected chi connectivity index (χ1v) is 6.30. The molecule has 1 saturated heterocycles. The number of alkyl halides is 3. The predicted octanol–water partition coefficient (Wildman–Crippen LogP) is 2.90. The van der Waals surface area contributed by atoms with Gasteiger partial charge in [-0.05, 0) is 31.5 Å². The highest BCUT2D eigenvalue weighted by Crippen LogP contribution is 2.46. The monoisotopic (exact) mass is 273 g/mol. The summed E-state index contributed by atoms with van der Waals surface area (Å²) in [6.07, 6.45) is -2.83. The van der Waals surface area contributed by atoms with Crippen LogP contribution >= 0.6 is 0 Å². The molecular weight excluding hydrogens is 259 g/mol. The number of nitrogens with one attached hydrogen (secondary N) is 1. The molecule has 1 unspecified atom stereocenters. The van der Waals surface area contributed by atoms with Gasteiger partial charge in [-0.3, -0.25) is 0 Å². The minimum atomic E-state index is -4.38. The molecule has 1 N–H and O–H groups in total. The maximum Gasteiger partial charge on any atom is 0.416 e. The second-order valence-corrected chi connectivity index (χ2v) is 4.70. The van der Waals surface area contributed by atoms with E-state index in [1.807, 2.05) is 0 Å². The van der Waals surface area contributed by atoms with E-state index in [1.54, 1.807) is 0 Å². The van der Waals surface area contributed by atoms with Crippen molar-refractivity contribution in [2.75, 3.05) is 19.8 Å². The van der Waals surface area contributed by atoms with E-state index in [4.69, 9.17) is 9.47 Å². The molecule has 104 valence electrons. The van der Waals surface area contributed by atoms with Gasteiger partial charge in [-0.25, -0.2) is 0 Å². The molecule has 3 nitrogen and oxygen atoms in total. The highest BCUT2D eigenvalue weighted by atomic mass is 19.4. The lowest BCUT2D eigenvalue weighted by Gasteiger charge is -2.26. The van der Waals surface area contributed by atoms with E-state index >= 15 is 0 Å². The van der Waals surface area contributed by atoms with Gasteiger partial charge in [0, 0.05) is 11.6 Å². The van der Waals surface area contributed by atoms with Crippen LogP contribution in [0.25, 0.3) is 0 Å². The molecule has 0 aliphatic carbocycles. The summed E-state index contributed by atoms with van der Waals surface area (Å²) >= 11 is 0. The van der Waals surface area contributed by atoms with E-state index in [9.17, 15) is 13.2 Å². The summed E-state index contributed by atoms with van der Waals surface area (Å²) in [6, 6.07) is 2.12. The zero-order valence-corrected chi connectivity index (χ0v) is 10.2. The number of benzene rings is 1. The lowest BCUT2D eigenvalue weighted by atomic mass is 9.96. The third kappa shape index (κ3) is 2.25. The fraction of sp³-hybridized carbons (Fsp3) is 0.538. The van der Waals surface area contributed by atoms with Crippen molar-refractivity contribution >= 4 is 0 Å². The van der Waals surface area contributed by atoms with Gasteiger partial charge < -0.3 is 14.8 Å². The van der Waals surface area contributed by atoms with Crippen molar-refractivity contribution in [3.05, 3.63) is 23.3 Å². The number of fused-ring (bicyclic) bond motifs is 1. The van der Waals surface area contributed by atoms with Gasteiger partial charge in [0.15, 0.2) is 11.5 Å². The Balaban J connectivity index is 2.14. The van der Waals surface area contributed by atoms with Crippen LogP contribution in [0, 0.1) is 0 Å². The Kier molecular flexibility index (Phi) is 3.05. The van der Waals surface area contributed by atoms with E-state index in [-0.39, 0.29) is 24.0 Å². The zero-order valence-electron chi connectivity index (χ0n) is 10.2. The Labute approximate surface area is 108 Å². The van der Waals surface area contributed by atoms with E-state index < -0.39 is 11.7 Å². The maximum absolute atomic E-state index is 13.1. The lowest BCUT2D eigenvalue weighted by molar-refractivity contribution is -0.138. The third-order valence-corrected chi connectivity index (χ3v) is 3.46. The van der Waals surface area contributed by atoms with Crippen molar-refractivity contribution in [2.45, 2.75) is 25.1 Å². The third-order valence-electron chi connectivity index (χ3n) is 3.46. The largest absolute Gasteiger partial charge is 0.486 e. The molecule has 2 aliphatic heterocycles. The number of hydrogen-bond acceptors (Lipinski definition) is 3. The van der Waals surface area contributed by atoms with Gasteiger partial charge in [0.05, 0.1) is 5.56 Å². The zero-order chi connectivity index (χ0) is 13.5. The summed E-state index contributed by atoms with van der Waals surface area (Å²) < 4.78 is 50.3. The molecule has 0 spiro atoms. The van der Waals surface area contributed by atoms with Crippen LogP contribution < -0.4 is 14.8 Å². The van der Waals surface area contributed by atoms with Crippen LogP contribution in [0.1, 0.15) is 30.0 Å². The summed E-state index contributed by atoms with van der Waals surface area (Å²) in [5.74, 6) is 0.656. The number of rotatable bonds is 1. The smallest absolute Gasteiger partial charge is 0.416 e. The van der Waals surface area contributed by atoms with Crippen LogP contribution in [0.2, 0.25) is 0 Å². The molecular formula is C13H14F3NO2. The van der Waals surface area contributed by atoms with E-state index in [0.29, 0.717) is 18.8 Å². The molecule has 1 aromatic rings. The van der Waals surface area contributed by atoms with Crippen LogP contribution in [0.3, 0.4) is 0 Å². The molecule has 2 aliphatic rings. The van der Waals surface area contributed by atoms with E-state index in [2.05, 4.69) is 5.32 Å². The first kappa shape index (κ1) is 12.6. The molecule has 0 amide bonds. The number of ether oxygens (including phenoxy) is 2. The molecule has 0 bridgehead atoms. The standard InChI is InChI=1S/C13H14F3NO2/c14-13(15,16)8-3-4-10-12(19-7-6-18-10)11(8)9-2-1-5-17-9/h3-4,9,17H,1-2,5-7H2. The van der Waals surface area contributed by atoms with Crippen molar-refractivity contribution in [3.63, 3.8) is 0 Å². The van der Waals surface area contributed by atoms with Crippen molar-refractivity contribution in [1.29, 1.82) is 0 Å². The molecule has 0 radical (unpaired) electrons. The minimum absolute atomic E-state index is 0.196. The van der Waals surface area contributed by atoms with Crippen molar-refractivity contribution in [2.24, 2.45) is 0 Å². The molecule has 1 aromatic carbocycles. The van der Waals surface area contributed by atoms with Gasteiger partial charge in [-0.15, -0.1) is 0 Å². The first-order valence-electron chi connectivity index (χ1n) is 6.30. The van der Waals surface area contributed by atoms with Crippen LogP contribution in [-0.4, -0.2) is 19.8 Å². The first-order chi connectivity index (χ1) is 9.07. The van der Waals surface area contributed by atoms with E-state index in [0.717, 1.165) is 19.0 Å². The summed E-state index contributed by atoms with van der Waals surface area (Å²) in [6.45, 7) is 1.39. The fourth-order valence-corrected chi connectivity index (χ4v) is 2.66. The molecule has 0 saturated carbocycles.